The number of carbonyl (C=O) groups excluding carboxylic acids is 1. The minimum Gasteiger partial charge on any atom is -0.310 e. The Balaban J connectivity index is 1.69. The lowest BCUT2D eigenvalue weighted by Gasteiger charge is -2.09. The van der Waals surface area contributed by atoms with Crippen LogP contribution in [0, 0.1) is 0 Å². The van der Waals surface area contributed by atoms with E-state index in [1.807, 2.05) is 24.4 Å². The molecule has 3 heterocycles. The van der Waals surface area contributed by atoms with Gasteiger partial charge in [0.25, 0.3) is 5.56 Å². The zero-order valence-corrected chi connectivity index (χ0v) is 17.6. The molecule has 0 saturated carbocycles. The Hall–Kier alpha value is -3.23. The van der Waals surface area contributed by atoms with E-state index >= 15 is 0 Å². The lowest BCUT2D eigenvalue weighted by Crippen LogP contribution is -2.20. The van der Waals surface area contributed by atoms with Crippen molar-refractivity contribution in [2.24, 2.45) is 0 Å². The number of aryl methyl sites for hydroxylation is 1. The molecule has 9 heteroatoms. The monoisotopic (exact) mass is 439 g/mol. The number of nitrogens with zero attached hydrogens (tertiary/aromatic N) is 3. The van der Waals surface area contributed by atoms with E-state index in [2.05, 4.69) is 20.4 Å². The number of aromatic amines is 1. The summed E-state index contributed by atoms with van der Waals surface area (Å²) in [6.45, 7) is 1.92. The number of hydrogen-bond acceptors (Lipinski definition) is 5. The highest BCUT2D eigenvalue weighted by atomic mass is 35.5. The summed E-state index contributed by atoms with van der Waals surface area (Å²) in [4.78, 5) is 32.8. The standard InChI is InChI=1S/C21H18ClN5O2S/c1-2-15-11-20(29)25-21(23-15)27-18(12-16(26-27)17-4-3-9-30-17)24-19(28)10-13-5-7-14(22)8-6-13/h3-9,11-12H,2,10H2,1H3,(H,24,28)(H,23,25,29). The maximum Gasteiger partial charge on any atom is 0.252 e. The smallest absolute Gasteiger partial charge is 0.252 e. The molecule has 4 aromatic rings. The summed E-state index contributed by atoms with van der Waals surface area (Å²) in [6, 6.07) is 14.2. The Labute approximate surface area is 181 Å². The molecule has 1 amide bonds. The Morgan fingerprint density at radius 2 is 2.03 bits per heavy atom. The van der Waals surface area contributed by atoms with Crippen molar-refractivity contribution in [3.63, 3.8) is 0 Å². The second-order valence-electron chi connectivity index (χ2n) is 6.57. The van der Waals surface area contributed by atoms with Gasteiger partial charge in [-0.3, -0.25) is 14.6 Å². The molecule has 7 nitrogen and oxygen atoms in total. The highest BCUT2D eigenvalue weighted by Crippen LogP contribution is 2.27. The van der Waals surface area contributed by atoms with Gasteiger partial charge in [-0.25, -0.2) is 4.98 Å². The van der Waals surface area contributed by atoms with Crippen molar-refractivity contribution in [2.75, 3.05) is 5.32 Å². The minimum absolute atomic E-state index is 0.176. The third-order valence-electron chi connectivity index (χ3n) is 4.37. The summed E-state index contributed by atoms with van der Waals surface area (Å²) in [7, 11) is 0. The molecule has 0 spiro atoms. The average molecular weight is 440 g/mol. The van der Waals surface area contributed by atoms with Gasteiger partial charge in [0.05, 0.1) is 11.3 Å². The molecule has 3 aromatic heterocycles. The van der Waals surface area contributed by atoms with Crippen molar-refractivity contribution in [1.82, 2.24) is 19.7 Å². The largest absolute Gasteiger partial charge is 0.310 e. The van der Waals surface area contributed by atoms with Crippen molar-refractivity contribution >= 4 is 34.7 Å². The van der Waals surface area contributed by atoms with Crippen molar-refractivity contribution in [3.8, 4) is 16.5 Å². The first-order valence-corrected chi connectivity index (χ1v) is 10.6. The third-order valence-corrected chi connectivity index (χ3v) is 5.52. The van der Waals surface area contributed by atoms with Crippen LogP contribution in [-0.2, 0) is 17.6 Å². The molecule has 0 aliphatic carbocycles. The van der Waals surface area contributed by atoms with E-state index in [0.29, 0.717) is 28.6 Å². The molecule has 0 aliphatic heterocycles. The number of hydrogen-bond donors (Lipinski definition) is 2. The van der Waals surface area contributed by atoms with E-state index in [1.165, 1.54) is 22.1 Å². The fourth-order valence-corrected chi connectivity index (χ4v) is 3.73. The molecule has 0 unspecified atom stereocenters. The van der Waals surface area contributed by atoms with Crippen LogP contribution < -0.4 is 10.9 Å². The number of amides is 1. The van der Waals surface area contributed by atoms with E-state index in [1.54, 1.807) is 30.3 Å². The molecular weight excluding hydrogens is 422 g/mol. The van der Waals surface area contributed by atoms with Gasteiger partial charge in [-0.2, -0.15) is 9.78 Å². The SMILES string of the molecule is CCc1cc(=O)[nH]c(-n2nc(-c3cccs3)cc2NC(=O)Cc2ccc(Cl)cc2)n1. The second-order valence-corrected chi connectivity index (χ2v) is 7.95. The van der Waals surface area contributed by atoms with Crippen LogP contribution in [-0.4, -0.2) is 25.7 Å². The number of aromatic nitrogens is 4. The summed E-state index contributed by atoms with van der Waals surface area (Å²) in [5.41, 5.74) is 1.88. The third kappa shape index (κ3) is 4.50. The Bertz CT molecular complexity index is 1230. The van der Waals surface area contributed by atoms with Crippen molar-refractivity contribution in [2.45, 2.75) is 19.8 Å². The van der Waals surface area contributed by atoms with E-state index in [4.69, 9.17) is 11.6 Å². The quantitative estimate of drug-likeness (QED) is 0.473. The number of rotatable bonds is 6. The van der Waals surface area contributed by atoms with Gasteiger partial charge in [-0.15, -0.1) is 11.3 Å². The van der Waals surface area contributed by atoms with Gasteiger partial charge >= 0.3 is 0 Å². The zero-order chi connectivity index (χ0) is 21.1. The molecule has 0 bridgehead atoms. The summed E-state index contributed by atoms with van der Waals surface area (Å²) in [5, 5.41) is 10.0. The van der Waals surface area contributed by atoms with Crippen LogP contribution in [0.1, 0.15) is 18.2 Å². The maximum atomic E-state index is 12.7. The topological polar surface area (TPSA) is 92.7 Å². The van der Waals surface area contributed by atoms with Crippen molar-refractivity contribution in [3.05, 3.63) is 80.5 Å². The average Bonchev–Trinajstić information content (AvgIpc) is 3.39. The van der Waals surface area contributed by atoms with Crippen LogP contribution in [0.25, 0.3) is 16.5 Å². The highest BCUT2D eigenvalue weighted by Gasteiger charge is 2.16. The van der Waals surface area contributed by atoms with Crippen molar-refractivity contribution < 1.29 is 4.79 Å². The first-order valence-electron chi connectivity index (χ1n) is 9.30. The molecule has 0 fully saturated rings. The van der Waals surface area contributed by atoms with Crippen molar-refractivity contribution in [1.29, 1.82) is 0 Å². The molecule has 0 aliphatic rings. The Morgan fingerprint density at radius 1 is 1.23 bits per heavy atom. The molecule has 2 N–H and O–H groups in total. The summed E-state index contributed by atoms with van der Waals surface area (Å²) >= 11 is 7.44. The number of thiophene rings is 1. The van der Waals surface area contributed by atoms with Gasteiger partial charge in [-0.1, -0.05) is 36.7 Å². The molecular formula is C21H18ClN5O2S. The normalized spacial score (nSPS) is 10.9. The van der Waals surface area contributed by atoms with Crippen LogP contribution in [0.4, 0.5) is 5.82 Å². The Kier molecular flexibility index (Phi) is 5.78. The summed E-state index contributed by atoms with van der Waals surface area (Å²) < 4.78 is 1.45. The Morgan fingerprint density at radius 3 is 2.73 bits per heavy atom. The van der Waals surface area contributed by atoms with Crippen LogP contribution in [0.2, 0.25) is 5.02 Å². The molecule has 1 aromatic carbocycles. The number of benzene rings is 1. The first kappa shape index (κ1) is 20.1. The maximum absolute atomic E-state index is 12.7. The van der Waals surface area contributed by atoms with E-state index in [-0.39, 0.29) is 23.8 Å². The molecule has 4 rings (SSSR count). The predicted molar refractivity (Wildman–Crippen MR) is 118 cm³/mol. The fourth-order valence-electron chi connectivity index (χ4n) is 2.93. The van der Waals surface area contributed by atoms with Gasteiger partial charge in [0.15, 0.2) is 0 Å². The van der Waals surface area contributed by atoms with Crippen LogP contribution in [0.5, 0.6) is 0 Å². The fraction of sp³-hybridized carbons (Fsp3) is 0.143. The van der Waals surface area contributed by atoms with E-state index < -0.39 is 0 Å². The van der Waals surface area contributed by atoms with Gasteiger partial charge in [0.2, 0.25) is 11.9 Å². The number of nitrogens with one attached hydrogen (secondary N) is 2. The summed E-state index contributed by atoms with van der Waals surface area (Å²) in [5.74, 6) is 0.461. The van der Waals surface area contributed by atoms with E-state index in [9.17, 15) is 9.59 Å². The van der Waals surface area contributed by atoms with Crippen LogP contribution in [0.15, 0.2) is 58.7 Å². The predicted octanol–water partition coefficient (Wildman–Crippen LogP) is 4.08. The van der Waals surface area contributed by atoms with Gasteiger partial charge < -0.3 is 5.32 Å². The zero-order valence-electron chi connectivity index (χ0n) is 16.1. The van der Waals surface area contributed by atoms with Gasteiger partial charge in [0, 0.05) is 22.8 Å². The molecule has 152 valence electrons. The van der Waals surface area contributed by atoms with Crippen LogP contribution in [0.3, 0.4) is 0 Å². The minimum atomic E-state index is -0.275. The lowest BCUT2D eigenvalue weighted by atomic mass is 10.1. The lowest BCUT2D eigenvalue weighted by molar-refractivity contribution is -0.115. The second kappa shape index (κ2) is 8.64. The number of H-pyrrole nitrogens is 1. The number of anilines is 1. The molecule has 0 saturated heterocycles. The summed E-state index contributed by atoms with van der Waals surface area (Å²) in [6.07, 6.45) is 0.782. The number of carbonyl (C=O) groups is 1. The van der Waals surface area contributed by atoms with Gasteiger partial charge in [-0.05, 0) is 35.6 Å². The van der Waals surface area contributed by atoms with Crippen LogP contribution >= 0.6 is 22.9 Å². The first-order chi connectivity index (χ1) is 14.5. The number of halogens is 1. The van der Waals surface area contributed by atoms with Gasteiger partial charge in [0.1, 0.15) is 11.5 Å². The molecule has 0 atom stereocenters. The van der Waals surface area contributed by atoms with E-state index in [0.717, 1.165) is 10.4 Å². The molecule has 30 heavy (non-hydrogen) atoms. The molecule has 0 radical (unpaired) electrons. The highest BCUT2D eigenvalue weighted by molar-refractivity contribution is 7.13.